The fourth-order valence-electron chi connectivity index (χ4n) is 7.19. The van der Waals surface area contributed by atoms with Gasteiger partial charge in [0.05, 0.1) is 13.2 Å². The minimum Gasteiger partial charge on any atom is -0.480 e. The molecule has 0 rings (SSSR count). The summed E-state index contributed by atoms with van der Waals surface area (Å²) < 4.78 is 5.95. The van der Waals surface area contributed by atoms with Gasteiger partial charge in [-0.15, -0.1) is 0 Å². The van der Waals surface area contributed by atoms with Crippen LogP contribution in [0.4, 0.5) is 0 Å². The topological polar surface area (TPSA) is 142 Å². The van der Waals surface area contributed by atoms with Gasteiger partial charge in [-0.3, -0.25) is 14.4 Å². The number of rotatable bonds is 44. The zero-order valence-electron chi connectivity index (χ0n) is 37.6. The van der Waals surface area contributed by atoms with Crippen LogP contribution < -0.4 is 10.6 Å². The van der Waals surface area contributed by atoms with Crippen molar-refractivity contribution in [3.8, 4) is 0 Å². The molecule has 2 unspecified atom stereocenters. The monoisotopic (exact) mass is 819 g/mol. The van der Waals surface area contributed by atoms with Crippen LogP contribution in [0, 0.1) is 0 Å². The lowest BCUT2D eigenvalue weighted by molar-refractivity contribution is -0.147. The molecular formula is C49H90N2O7. The number of hydrogen-bond donors (Lipinski definition) is 4. The van der Waals surface area contributed by atoms with Crippen LogP contribution in [0.2, 0.25) is 0 Å². The Kier molecular flexibility index (Phi) is 41.9. The average Bonchev–Trinajstić information content (AvgIpc) is 3.21. The molecule has 0 radical (unpaired) electrons. The largest absolute Gasteiger partial charge is 0.480 e. The van der Waals surface area contributed by atoms with Crippen LogP contribution in [0.15, 0.2) is 24.3 Å². The highest BCUT2D eigenvalue weighted by Gasteiger charge is 2.18. The average molecular weight is 819 g/mol. The highest BCUT2D eigenvalue weighted by Crippen LogP contribution is 2.17. The summed E-state index contributed by atoms with van der Waals surface area (Å²) in [5, 5.41) is 22.5. The van der Waals surface area contributed by atoms with Crippen LogP contribution >= 0.6 is 0 Å². The quantitative estimate of drug-likeness (QED) is 0.0272. The summed E-state index contributed by atoms with van der Waals surface area (Å²) in [7, 11) is 0. The Morgan fingerprint density at radius 2 is 0.983 bits per heavy atom. The van der Waals surface area contributed by atoms with Gasteiger partial charge in [0.25, 0.3) is 0 Å². The molecule has 9 heteroatoms. The van der Waals surface area contributed by atoms with E-state index >= 15 is 0 Å². The lowest BCUT2D eigenvalue weighted by Gasteiger charge is -2.15. The van der Waals surface area contributed by atoms with Gasteiger partial charge < -0.3 is 25.6 Å². The van der Waals surface area contributed by atoms with E-state index in [-0.39, 0.29) is 24.5 Å². The maximum Gasteiger partial charge on any atom is 0.328 e. The first-order valence-electron chi connectivity index (χ1n) is 24.2. The Labute approximate surface area is 355 Å². The van der Waals surface area contributed by atoms with Crippen molar-refractivity contribution in [2.75, 3.05) is 13.2 Å². The number of allylic oxidation sites excluding steroid dienone is 3. The summed E-state index contributed by atoms with van der Waals surface area (Å²) in [5.41, 5.74) is 0. The summed E-state index contributed by atoms with van der Waals surface area (Å²) in [5.74, 6) is -2.33. The molecule has 0 heterocycles. The Morgan fingerprint density at radius 1 is 0.534 bits per heavy atom. The van der Waals surface area contributed by atoms with Gasteiger partial charge in [0.2, 0.25) is 11.8 Å². The van der Waals surface area contributed by atoms with E-state index in [4.69, 9.17) is 14.9 Å². The second-order valence-corrected chi connectivity index (χ2v) is 16.6. The molecule has 0 bridgehead atoms. The molecule has 0 spiro atoms. The SMILES string of the molecule is CCCCCC/C=C\C/C=C\C(CCCCCCCCC(=O)NCC(=O)NC(CO)C(=O)O)OC(=O)CCCCCCCCCCCCCCCCCCCCCC. The van der Waals surface area contributed by atoms with Gasteiger partial charge in [-0.2, -0.15) is 0 Å². The van der Waals surface area contributed by atoms with E-state index in [1.165, 1.54) is 141 Å². The van der Waals surface area contributed by atoms with Gasteiger partial charge in [0, 0.05) is 12.8 Å². The number of esters is 1. The molecule has 0 aliphatic heterocycles. The zero-order valence-corrected chi connectivity index (χ0v) is 37.6. The molecule has 2 amide bonds. The van der Waals surface area contributed by atoms with Crippen molar-refractivity contribution in [2.45, 2.75) is 251 Å². The fraction of sp³-hybridized carbons (Fsp3) is 0.837. The molecule has 0 aromatic carbocycles. The first-order chi connectivity index (χ1) is 28.3. The number of hydrogen-bond acceptors (Lipinski definition) is 6. The summed E-state index contributed by atoms with van der Waals surface area (Å²) in [4.78, 5) is 47.5. The van der Waals surface area contributed by atoms with Crippen LogP contribution in [0.1, 0.15) is 239 Å². The Balaban J connectivity index is 4.16. The molecule has 338 valence electrons. The highest BCUT2D eigenvalue weighted by atomic mass is 16.5. The number of carbonyl (C=O) groups is 4. The van der Waals surface area contributed by atoms with Gasteiger partial charge in [-0.25, -0.2) is 4.79 Å². The minimum absolute atomic E-state index is 0.0885. The van der Waals surface area contributed by atoms with E-state index in [1.54, 1.807) is 0 Å². The Morgan fingerprint density at radius 3 is 1.47 bits per heavy atom. The second kappa shape index (κ2) is 43.9. The first kappa shape index (κ1) is 55.3. The van der Waals surface area contributed by atoms with Crippen LogP contribution in [-0.4, -0.2) is 59.3 Å². The predicted molar refractivity (Wildman–Crippen MR) is 241 cm³/mol. The van der Waals surface area contributed by atoms with Gasteiger partial charge in [0.15, 0.2) is 0 Å². The van der Waals surface area contributed by atoms with Crippen molar-refractivity contribution in [3.63, 3.8) is 0 Å². The smallest absolute Gasteiger partial charge is 0.328 e. The lowest BCUT2D eigenvalue weighted by atomic mass is 10.0. The Hall–Kier alpha value is -2.68. The maximum atomic E-state index is 12.8. The Bertz CT molecular complexity index is 1030. The van der Waals surface area contributed by atoms with E-state index < -0.39 is 24.5 Å². The third-order valence-corrected chi connectivity index (χ3v) is 10.9. The van der Waals surface area contributed by atoms with E-state index in [0.717, 1.165) is 64.2 Å². The normalized spacial score (nSPS) is 12.6. The molecule has 0 aliphatic rings. The van der Waals surface area contributed by atoms with E-state index in [1.807, 2.05) is 0 Å². The van der Waals surface area contributed by atoms with Crippen LogP contribution in [0.25, 0.3) is 0 Å². The molecule has 9 nitrogen and oxygen atoms in total. The number of amides is 2. The number of aliphatic hydroxyl groups excluding tert-OH is 1. The third kappa shape index (κ3) is 40.1. The van der Waals surface area contributed by atoms with Crippen LogP contribution in [0.5, 0.6) is 0 Å². The zero-order chi connectivity index (χ0) is 42.6. The van der Waals surface area contributed by atoms with Crippen molar-refractivity contribution in [1.29, 1.82) is 0 Å². The summed E-state index contributed by atoms with van der Waals surface area (Å²) >= 11 is 0. The summed E-state index contributed by atoms with van der Waals surface area (Å²) in [6.07, 6.45) is 49.6. The molecule has 0 saturated heterocycles. The van der Waals surface area contributed by atoms with Crippen molar-refractivity contribution < 1.29 is 34.1 Å². The molecule has 58 heavy (non-hydrogen) atoms. The van der Waals surface area contributed by atoms with E-state index in [2.05, 4.69) is 48.8 Å². The standard InChI is InChI=1S/C49H90N2O7/c1-3-5-7-9-11-13-14-15-16-17-18-19-20-21-22-23-25-27-33-37-41-48(55)58-44(38-34-30-26-24-12-10-8-6-4-2)39-35-31-28-29-32-36-40-46(53)50-42-47(54)51-45(43-52)49(56)57/h24,26,34,38,44-45,52H,3-23,25,27-33,35-37,39-43H2,1-2H3,(H,50,53)(H,51,54)(H,56,57)/b26-24-,38-34-. The minimum atomic E-state index is -1.38. The predicted octanol–water partition coefficient (Wildman–Crippen LogP) is 12.4. The van der Waals surface area contributed by atoms with Crippen LogP contribution in [0.3, 0.4) is 0 Å². The molecule has 0 aliphatic carbocycles. The van der Waals surface area contributed by atoms with Crippen molar-refractivity contribution in [3.05, 3.63) is 24.3 Å². The molecule has 0 aromatic heterocycles. The lowest BCUT2D eigenvalue weighted by Crippen LogP contribution is -2.47. The fourth-order valence-corrected chi connectivity index (χ4v) is 7.19. The summed E-state index contributed by atoms with van der Waals surface area (Å²) in [6, 6.07) is -1.38. The molecule has 2 atom stereocenters. The van der Waals surface area contributed by atoms with Crippen molar-refractivity contribution in [2.24, 2.45) is 0 Å². The van der Waals surface area contributed by atoms with Crippen LogP contribution in [-0.2, 0) is 23.9 Å². The highest BCUT2D eigenvalue weighted by molar-refractivity contribution is 5.87. The number of nitrogens with one attached hydrogen (secondary N) is 2. The van der Waals surface area contributed by atoms with E-state index in [9.17, 15) is 19.2 Å². The molecule has 0 aromatic rings. The van der Waals surface area contributed by atoms with Gasteiger partial charge >= 0.3 is 11.9 Å². The number of carboxylic acids is 1. The molecular weight excluding hydrogens is 729 g/mol. The molecule has 4 N–H and O–H groups in total. The number of unbranched alkanes of at least 4 members (excludes halogenated alkanes) is 28. The van der Waals surface area contributed by atoms with Gasteiger partial charge in [-0.05, 0) is 51.0 Å². The number of carboxylic acid groups (broad SMARTS) is 1. The molecule has 0 saturated carbocycles. The second-order valence-electron chi connectivity index (χ2n) is 16.6. The third-order valence-electron chi connectivity index (χ3n) is 10.9. The summed E-state index contributed by atoms with van der Waals surface area (Å²) in [6.45, 7) is 3.48. The number of aliphatic hydroxyl groups is 1. The van der Waals surface area contributed by atoms with Gasteiger partial charge in [0.1, 0.15) is 12.1 Å². The number of ether oxygens (including phenoxy) is 1. The van der Waals surface area contributed by atoms with Gasteiger partial charge in [-0.1, -0.05) is 199 Å². The maximum absolute atomic E-state index is 12.8. The first-order valence-corrected chi connectivity index (χ1v) is 24.2. The van der Waals surface area contributed by atoms with Crippen molar-refractivity contribution >= 4 is 23.8 Å². The number of carbonyl (C=O) groups excluding carboxylic acids is 3. The molecule has 0 fully saturated rings. The number of aliphatic carboxylic acids is 1. The van der Waals surface area contributed by atoms with Crippen molar-refractivity contribution in [1.82, 2.24) is 10.6 Å². The van der Waals surface area contributed by atoms with E-state index in [0.29, 0.717) is 19.3 Å².